The van der Waals surface area contributed by atoms with E-state index in [1.54, 1.807) is 24.5 Å². The molecule has 0 aliphatic rings. The summed E-state index contributed by atoms with van der Waals surface area (Å²) in [5.41, 5.74) is 4.88. The topological polar surface area (TPSA) is 57.8 Å². The first-order valence-corrected chi connectivity index (χ1v) is 9.22. The Bertz CT molecular complexity index is 1090. The molecule has 1 amide bonds. The smallest absolute Gasteiger partial charge is 0.220 e. The minimum absolute atomic E-state index is 0.0146. The van der Waals surface area contributed by atoms with Crippen molar-refractivity contribution in [2.45, 2.75) is 19.4 Å². The molecule has 0 aliphatic carbocycles. The van der Waals surface area contributed by atoms with Crippen LogP contribution in [-0.4, -0.2) is 15.9 Å². The van der Waals surface area contributed by atoms with Gasteiger partial charge < -0.3 is 10.3 Å². The van der Waals surface area contributed by atoms with E-state index in [1.807, 2.05) is 36.4 Å². The number of carbonyl (C=O) groups excluding carboxylic acids is 1. The molecule has 4 rings (SSSR count). The van der Waals surface area contributed by atoms with E-state index in [0.29, 0.717) is 19.4 Å². The molecule has 5 heteroatoms. The summed E-state index contributed by atoms with van der Waals surface area (Å²) in [6.45, 7) is 0.464. The fraction of sp³-hybridized carbons (Fsp3) is 0.130. The van der Waals surface area contributed by atoms with Gasteiger partial charge in [-0.1, -0.05) is 24.3 Å². The van der Waals surface area contributed by atoms with Gasteiger partial charge in [-0.3, -0.25) is 9.78 Å². The van der Waals surface area contributed by atoms with Gasteiger partial charge in [-0.15, -0.1) is 0 Å². The van der Waals surface area contributed by atoms with Crippen LogP contribution in [-0.2, 0) is 17.8 Å². The number of rotatable bonds is 6. The minimum Gasteiger partial charge on any atom is -0.354 e. The van der Waals surface area contributed by atoms with E-state index >= 15 is 0 Å². The number of H-pyrrole nitrogens is 1. The Morgan fingerprint density at radius 2 is 1.86 bits per heavy atom. The van der Waals surface area contributed by atoms with Crippen LogP contribution < -0.4 is 5.32 Å². The summed E-state index contributed by atoms with van der Waals surface area (Å²) < 4.78 is 13.3. The average Bonchev–Trinajstić information content (AvgIpc) is 3.10. The van der Waals surface area contributed by atoms with Gasteiger partial charge in [0.15, 0.2) is 0 Å². The third-order valence-electron chi connectivity index (χ3n) is 4.76. The Labute approximate surface area is 162 Å². The van der Waals surface area contributed by atoms with Gasteiger partial charge in [0.1, 0.15) is 5.82 Å². The fourth-order valence-electron chi connectivity index (χ4n) is 3.35. The number of carbonyl (C=O) groups is 1. The second-order valence-electron chi connectivity index (χ2n) is 6.67. The molecule has 0 saturated carbocycles. The molecular formula is C23H20FN3O. The Kier molecular flexibility index (Phi) is 5.15. The van der Waals surface area contributed by atoms with Crippen LogP contribution in [0.2, 0.25) is 0 Å². The zero-order chi connectivity index (χ0) is 19.3. The summed E-state index contributed by atoms with van der Waals surface area (Å²) in [7, 11) is 0. The van der Waals surface area contributed by atoms with Gasteiger partial charge in [0.25, 0.3) is 0 Å². The fourth-order valence-corrected chi connectivity index (χ4v) is 3.35. The first-order valence-electron chi connectivity index (χ1n) is 9.22. The number of para-hydroxylation sites is 1. The number of hydrogen-bond acceptors (Lipinski definition) is 2. The molecule has 2 N–H and O–H groups in total. The number of halogens is 1. The lowest BCUT2D eigenvalue weighted by molar-refractivity contribution is -0.121. The Hall–Kier alpha value is -3.47. The van der Waals surface area contributed by atoms with Crippen molar-refractivity contribution >= 4 is 16.8 Å². The van der Waals surface area contributed by atoms with Gasteiger partial charge in [0, 0.05) is 42.0 Å². The molecule has 4 nitrogen and oxygen atoms in total. The SMILES string of the molecule is O=C(CCc1c(-c2ccc(F)cc2)[nH]c2ccccc12)NCc1cccnc1. The van der Waals surface area contributed by atoms with Crippen LogP contribution in [0.15, 0.2) is 73.1 Å². The van der Waals surface area contributed by atoms with Crippen LogP contribution in [0.25, 0.3) is 22.2 Å². The van der Waals surface area contributed by atoms with Crippen molar-refractivity contribution in [2.75, 3.05) is 0 Å². The van der Waals surface area contributed by atoms with E-state index in [1.165, 1.54) is 12.1 Å². The van der Waals surface area contributed by atoms with Crippen molar-refractivity contribution in [3.05, 3.63) is 90.0 Å². The first kappa shape index (κ1) is 17.9. The number of benzene rings is 2. The Morgan fingerprint density at radius 3 is 2.64 bits per heavy atom. The Morgan fingerprint density at radius 1 is 1.04 bits per heavy atom. The van der Waals surface area contributed by atoms with E-state index in [-0.39, 0.29) is 11.7 Å². The summed E-state index contributed by atoms with van der Waals surface area (Å²) >= 11 is 0. The molecule has 0 saturated heterocycles. The quantitative estimate of drug-likeness (QED) is 0.518. The number of aromatic amines is 1. The van der Waals surface area contributed by atoms with E-state index in [0.717, 1.165) is 33.3 Å². The van der Waals surface area contributed by atoms with Crippen LogP contribution in [0.1, 0.15) is 17.5 Å². The standard InChI is InChI=1S/C23H20FN3O/c24-18-9-7-17(8-10-18)23-20(19-5-1-2-6-21(19)27-23)11-12-22(28)26-15-16-4-3-13-25-14-16/h1-10,13-14,27H,11-12,15H2,(H,26,28). The third kappa shape index (κ3) is 3.93. The highest BCUT2D eigenvalue weighted by Gasteiger charge is 2.14. The maximum atomic E-state index is 13.3. The number of amides is 1. The van der Waals surface area contributed by atoms with Crippen LogP contribution in [0.3, 0.4) is 0 Å². The number of nitrogens with zero attached hydrogens (tertiary/aromatic N) is 1. The lowest BCUT2D eigenvalue weighted by Crippen LogP contribution is -2.23. The van der Waals surface area contributed by atoms with Gasteiger partial charge in [-0.05, 0) is 59.5 Å². The molecule has 0 atom stereocenters. The molecular weight excluding hydrogens is 353 g/mol. The van der Waals surface area contributed by atoms with Crippen molar-refractivity contribution < 1.29 is 9.18 Å². The highest BCUT2D eigenvalue weighted by atomic mass is 19.1. The molecule has 0 unspecified atom stereocenters. The predicted molar refractivity (Wildman–Crippen MR) is 108 cm³/mol. The summed E-state index contributed by atoms with van der Waals surface area (Å²) in [5.74, 6) is -0.282. The molecule has 140 valence electrons. The van der Waals surface area contributed by atoms with E-state index in [9.17, 15) is 9.18 Å². The monoisotopic (exact) mass is 373 g/mol. The van der Waals surface area contributed by atoms with Gasteiger partial charge in [-0.2, -0.15) is 0 Å². The zero-order valence-corrected chi connectivity index (χ0v) is 15.3. The maximum absolute atomic E-state index is 13.3. The second-order valence-corrected chi connectivity index (χ2v) is 6.67. The number of fused-ring (bicyclic) bond motifs is 1. The maximum Gasteiger partial charge on any atom is 0.220 e. The lowest BCUT2D eigenvalue weighted by Gasteiger charge is -2.07. The third-order valence-corrected chi connectivity index (χ3v) is 4.76. The van der Waals surface area contributed by atoms with Crippen LogP contribution in [0.4, 0.5) is 4.39 Å². The van der Waals surface area contributed by atoms with Crippen molar-refractivity contribution in [2.24, 2.45) is 0 Å². The molecule has 2 aromatic carbocycles. The molecule has 4 aromatic rings. The molecule has 0 radical (unpaired) electrons. The summed E-state index contributed by atoms with van der Waals surface area (Å²) in [6.07, 6.45) is 4.41. The zero-order valence-electron chi connectivity index (χ0n) is 15.3. The molecule has 0 bridgehead atoms. The lowest BCUT2D eigenvalue weighted by atomic mass is 10.0. The van der Waals surface area contributed by atoms with Gasteiger partial charge in [0.05, 0.1) is 0 Å². The van der Waals surface area contributed by atoms with Gasteiger partial charge in [0.2, 0.25) is 5.91 Å². The van der Waals surface area contributed by atoms with E-state index in [4.69, 9.17) is 0 Å². The molecule has 0 fully saturated rings. The molecule has 2 aromatic heterocycles. The molecule has 0 spiro atoms. The van der Waals surface area contributed by atoms with E-state index < -0.39 is 0 Å². The molecule has 2 heterocycles. The number of aryl methyl sites for hydroxylation is 1. The van der Waals surface area contributed by atoms with Crippen molar-refractivity contribution in [1.82, 2.24) is 15.3 Å². The van der Waals surface area contributed by atoms with Crippen molar-refractivity contribution in [3.8, 4) is 11.3 Å². The number of nitrogens with one attached hydrogen (secondary N) is 2. The summed E-state index contributed by atoms with van der Waals surface area (Å²) in [4.78, 5) is 19.8. The predicted octanol–water partition coefficient (Wildman–Crippen LogP) is 4.62. The first-order chi connectivity index (χ1) is 13.7. The molecule has 0 aliphatic heterocycles. The number of aromatic nitrogens is 2. The Balaban J connectivity index is 1.53. The van der Waals surface area contributed by atoms with Gasteiger partial charge in [-0.25, -0.2) is 4.39 Å². The van der Waals surface area contributed by atoms with Crippen LogP contribution in [0, 0.1) is 5.82 Å². The number of hydrogen-bond donors (Lipinski definition) is 2. The average molecular weight is 373 g/mol. The largest absolute Gasteiger partial charge is 0.354 e. The number of pyridine rings is 1. The second kappa shape index (κ2) is 8.05. The highest BCUT2D eigenvalue weighted by molar-refractivity contribution is 5.91. The van der Waals surface area contributed by atoms with Crippen LogP contribution >= 0.6 is 0 Å². The van der Waals surface area contributed by atoms with Crippen molar-refractivity contribution in [3.63, 3.8) is 0 Å². The summed E-state index contributed by atoms with van der Waals surface area (Å²) in [5, 5.41) is 4.02. The highest BCUT2D eigenvalue weighted by Crippen LogP contribution is 2.31. The van der Waals surface area contributed by atoms with Crippen molar-refractivity contribution in [1.29, 1.82) is 0 Å². The van der Waals surface area contributed by atoms with Gasteiger partial charge >= 0.3 is 0 Å². The van der Waals surface area contributed by atoms with Crippen LogP contribution in [0.5, 0.6) is 0 Å². The molecule has 28 heavy (non-hydrogen) atoms. The minimum atomic E-state index is -0.267. The summed E-state index contributed by atoms with van der Waals surface area (Å²) in [6, 6.07) is 18.2. The normalized spacial score (nSPS) is 10.9. The van der Waals surface area contributed by atoms with E-state index in [2.05, 4.69) is 15.3 Å².